The van der Waals surface area contributed by atoms with Crippen LogP contribution in [0.2, 0.25) is 5.02 Å². The standard InChI is InChI=1S/C14H14ClNO5/c15-10-4-2-1-3-9(10)13(18)16-7-5-12(17)21-11-6-8-20-14(11)19/h1-4,11H,5-8H2,(H,16,18)/t11-/m1/s1. The summed E-state index contributed by atoms with van der Waals surface area (Å²) in [5.74, 6) is -1.45. The Hall–Kier alpha value is -2.08. The van der Waals surface area contributed by atoms with Crippen molar-refractivity contribution in [3.63, 3.8) is 0 Å². The smallest absolute Gasteiger partial charge is 0.347 e. The highest BCUT2D eigenvalue weighted by Crippen LogP contribution is 2.14. The van der Waals surface area contributed by atoms with E-state index in [2.05, 4.69) is 10.1 Å². The Kier molecular flexibility index (Phi) is 5.16. The number of amides is 1. The topological polar surface area (TPSA) is 81.7 Å². The number of carbonyl (C=O) groups is 3. The SMILES string of the molecule is O=C(CCNC(=O)c1ccccc1Cl)O[C@@H]1CCOC1=O. The van der Waals surface area contributed by atoms with Crippen LogP contribution in [0.5, 0.6) is 0 Å². The lowest BCUT2D eigenvalue weighted by Gasteiger charge is -2.09. The van der Waals surface area contributed by atoms with Crippen molar-refractivity contribution >= 4 is 29.4 Å². The van der Waals surface area contributed by atoms with Gasteiger partial charge in [-0.05, 0) is 12.1 Å². The zero-order valence-corrected chi connectivity index (χ0v) is 11.9. The van der Waals surface area contributed by atoms with E-state index in [0.29, 0.717) is 17.0 Å². The minimum Gasteiger partial charge on any atom is -0.463 e. The predicted octanol–water partition coefficient (Wildman–Crippen LogP) is 1.32. The molecule has 1 heterocycles. The first kappa shape index (κ1) is 15.3. The van der Waals surface area contributed by atoms with E-state index in [4.69, 9.17) is 16.3 Å². The van der Waals surface area contributed by atoms with Gasteiger partial charge in [0, 0.05) is 13.0 Å². The molecule has 112 valence electrons. The van der Waals surface area contributed by atoms with Crippen LogP contribution in [0, 0.1) is 0 Å². The van der Waals surface area contributed by atoms with Gasteiger partial charge in [-0.2, -0.15) is 0 Å². The highest BCUT2D eigenvalue weighted by molar-refractivity contribution is 6.33. The lowest BCUT2D eigenvalue weighted by atomic mass is 10.2. The number of nitrogens with one attached hydrogen (secondary N) is 1. The van der Waals surface area contributed by atoms with E-state index >= 15 is 0 Å². The van der Waals surface area contributed by atoms with Crippen molar-refractivity contribution in [3.8, 4) is 0 Å². The highest BCUT2D eigenvalue weighted by atomic mass is 35.5. The molecule has 1 aliphatic rings. The minimum atomic E-state index is -0.822. The molecule has 0 saturated carbocycles. The normalized spacial score (nSPS) is 17.2. The van der Waals surface area contributed by atoms with Gasteiger partial charge >= 0.3 is 11.9 Å². The molecule has 1 aliphatic heterocycles. The maximum atomic E-state index is 11.8. The van der Waals surface area contributed by atoms with Crippen molar-refractivity contribution in [1.29, 1.82) is 0 Å². The van der Waals surface area contributed by atoms with Crippen molar-refractivity contribution in [2.24, 2.45) is 0 Å². The molecule has 1 amide bonds. The predicted molar refractivity (Wildman–Crippen MR) is 73.9 cm³/mol. The number of benzene rings is 1. The number of rotatable bonds is 5. The molecular formula is C14H14ClNO5. The Morgan fingerprint density at radius 1 is 1.38 bits per heavy atom. The molecule has 6 nitrogen and oxygen atoms in total. The minimum absolute atomic E-state index is 0.0278. The molecule has 1 atom stereocenters. The summed E-state index contributed by atoms with van der Waals surface area (Å²) in [4.78, 5) is 34.5. The Balaban J connectivity index is 1.74. The number of ether oxygens (including phenoxy) is 2. The van der Waals surface area contributed by atoms with Gasteiger partial charge in [-0.1, -0.05) is 23.7 Å². The summed E-state index contributed by atoms with van der Waals surface area (Å²) in [6.07, 6.45) is -0.479. The summed E-state index contributed by atoms with van der Waals surface area (Å²) < 4.78 is 9.62. The molecule has 1 saturated heterocycles. The fourth-order valence-corrected chi connectivity index (χ4v) is 2.04. The monoisotopic (exact) mass is 311 g/mol. The molecule has 0 spiro atoms. The number of carbonyl (C=O) groups excluding carboxylic acids is 3. The van der Waals surface area contributed by atoms with Crippen LogP contribution in [-0.2, 0) is 19.1 Å². The quantitative estimate of drug-likeness (QED) is 0.829. The highest BCUT2D eigenvalue weighted by Gasteiger charge is 2.29. The zero-order chi connectivity index (χ0) is 15.2. The second-order valence-electron chi connectivity index (χ2n) is 4.42. The Labute approximate surface area is 126 Å². The summed E-state index contributed by atoms with van der Waals surface area (Å²) in [5.41, 5.74) is 0.340. The van der Waals surface area contributed by atoms with Crippen LogP contribution in [0.3, 0.4) is 0 Å². The van der Waals surface area contributed by atoms with Gasteiger partial charge in [0.15, 0.2) is 0 Å². The van der Waals surface area contributed by atoms with Crippen molar-refractivity contribution in [2.45, 2.75) is 18.9 Å². The molecule has 1 aromatic rings. The number of esters is 2. The summed E-state index contributed by atoms with van der Waals surface area (Å²) >= 11 is 5.89. The molecule has 2 rings (SSSR count). The maximum Gasteiger partial charge on any atom is 0.347 e. The number of halogens is 1. The van der Waals surface area contributed by atoms with Crippen LogP contribution in [0.25, 0.3) is 0 Å². The van der Waals surface area contributed by atoms with E-state index in [1.165, 1.54) is 0 Å². The first-order valence-corrected chi connectivity index (χ1v) is 6.84. The Morgan fingerprint density at radius 2 is 2.14 bits per heavy atom. The zero-order valence-electron chi connectivity index (χ0n) is 11.1. The Bertz CT molecular complexity index is 560. The molecular weight excluding hydrogens is 298 g/mol. The number of hydrogen-bond donors (Lipinski definition) is 1. The molecule has 0 radical (unpaired) electrons. The Morgan fingerprint density at radius 3 is 2.81 bits per heavy atom. The third-order valence-electron chi connectivity index (χ3n) is 2.89. The molecule has 0 bridgehead atoms. The molecule has 1 aromatic carbocycles. The second kappa shape index (κ2) is 7.08. The van der Waals surface area contributed by atoms with Crippen LogP contribution in [-0.4, -0.2) is 37.1 Å². The summed E-state index contributed by atoms with van der Waals surface area (Å²) in [6.45, 7) is 0.366. The van der Waals surface area contributed by atoms with Crippen molar-refractivity contribution in [1.82, 2.24) is 5.32 Å². The van der Waals surface area contributed by atoms with Gasteiger partial charge in [-0.15, -0.1) is 0 Å². The van der Waals surface area contributed by atoms with E-state index in [0.717, 1.165) is 0 Å². The third-order valence-corrected chi connectivity index (χ3v) is 3.22. The fourth-order valence-electron chi connectivity index (χ4n) is 1.82. The van der Waals surface area contributed by atoms with E-state index in [1.54, 1.807) is 24.3 Å². The van der Waals surface area contributed by atoms with E-state index in [-0.39, 0.29) is 25.5 Å². The van der Waals surface area contributed by atoms with Crippen molar-refractivity contribution < 1.29 is 23.9 Å². The van der Waals surface area contributed by atoms with Crippen molar-refractivity contribution in [2.75, 3.05) is 13.2 Å². The lowest BCUT2D eigenvalue weighted by molar-refractivity contribution is -0.160. The summed E-state index contributed by atoms with van der Waals surface area (Å²) in [6, 6.07) is 6.61. The summed E-state index contributed by atoms with van der Waals surface area (Å²) in [5, 5.41) is 2.91. The van der Waals surface area contributed by atoms with Crippen LogP contribution in [0.1, 0.15) is 23.2 Å². The van der Waals surface area contributed by atoms with Gasteiger partial charge in [0.25, 0.3) is 5.91 Å². The lowest BCUT2D eigenvalue weighted by Crippen LogP contribution is -2.29. The molecule has 0 aromatic heterocycles. The first-order valence-electron chi connectivity index (χ1n) is 6.47. The van der Waals surface area contributed by atoms with Crippen LogP contribution in [0.4, 0.5) is 0 Å². The van der Waals surface area contributed by atoms with E-state index in [9.17, 15) is 14.4 Å². The molecule has 0 unspecified atom stereocenters. The van der Waals surface area contributed by atoms with Gasteiger partial charge in [0.05, 0.1) is 23.6 Å². The molecule has 1 N–H and O–H groups in total. The van der Waals surface area contributed by atoms with Gasteiger partial charge < -0.3 is 14.8 Å². The van der Waals surface area contributed by atoms with Gasteiger partial charge in [-0.3, -0.25) is 9.59 Å². The fraction of sp³-hybridized carbons (Fsp3) is 0.357. The van der Waals surface area contributed by atoms with Crippen LogP contribution in [0.15, 0.2) is 24.3 Å². The van der Waals surface area contributed by atoms with Crippen LogP contribution < -0.4 is 5.32 Å². The average Bonchev–Trinajstić information content (AvgIpc) is 2.84. The maximum absolute atomic E-state index is 11.8. The average molecular weight is 312 g/mol. The van der Waals surface area contributed by atoms with Gasteiger partial charge in [0.2, 0.25) is 6.10 Å². The molecule has 7 heteroatoms. The second-order valence-corrected chi connectivity index (χ2v) is 4.83. The molecule has 0 aliphatic carbocycles. The number of cyclic esters (lactones) is 1. The third kappa shape index (κ3) is 4.19. The van der Waals surface area contributed by atoms with E-state index < -0.39 is 18.0 Å². The number of hydrogen-bond acceptors (Lipinski definition) is 5. The largest absolute Gasteiger partial charge is 0.463 e. The van der Waals surface area contributed by atoms with Gasteiger partial charge in [-0.25, -0.2) is 4.79 Å². The summed E-state index contributed by atoms with van der Waals surface area (Å²) in [7, 11) is 0. The van der Waals surface area contributed by atoms with Gasteiger partial charge in [0.1, 0.15) is 0 Å². The van der Waals surface area contributed by atoms with Crippen LogP contribution >= 0.6 is 11.6 Å². The van der Waals surface area contributed by atoms with Crippen molar-refractivity contribution in [3.05, 3.63) is 34.9 Å². The van der Waals surface area contributed by atoms with E-state index in [1.807, 2.05) is 0 Å². The molecule has 1 fully saturated rings. The first-order chi connectivity index (χ1) is 10.1. The molecule has 21 heavy (non-hydrogen) atoms.